The van der Waals surface area contributed by atoms with Gasteiger partial charge in [0.05, 0.1) is 0 Å². The first-order chi connectivity index (χ1) is 13.8. The zero-order valence-electron chi connectivity index (χ0n) is 19.3. The molecule has 0 aromatic carbocycles. The molecule has 0 heterocycles. The van der Waals surface area contributed by atoms with Crippen LogP contribution in [-0.2, 0) is 0 Å². The predicted octanol–water partition coefficient (Wildman–Crippen LogP) is 8.34. The topological polar surface area (TPSA) is 0 Å². The van der Waals surface area contributed by atoms with Crippen LogP contribution in [0, 0.1) is 47.3 Å². The van der Waals surface area contributed by atoms with Gasteiger partial charge >= 0.3 is 0 Å². The Bertz CT molecular complexity index is 476. The zero-order chi connectivity index (χ0) is 21.1. The Kier molecular flexibility index (Phi) is 8.41. The molecule has 0 aromatic rings. The summed E-state index contributed by atoms with van der Waals surface area (Å²) in [6.07, 6.45) is 8.38. The van der Waals surface area contributed by atoms with E-state index in [-0.39, 0.29) is 23.7 Å². The summed E-state index contributed by atoms with van der Waals surface area (Å²) in [5.41, 5.74) is 0. The molecule has 6 unspecified atom stereocenters. The number of rotatable bonds is 6. The molecule has 0 aromatic heterocycles. The highest BCUT2D eigenvalue weighted by Gasteiger charge is 2.46. The summed E-state index contributed by atoms with van der Waals surface area (Å²) >= 11 is 0. The van der Waals surface area contributed by atoms with Crippen molar-refractivity contribution in [2.45, 2.75) is 117 Å². The fraction of sp³-hybridized carbons (Fsp3) is 1.00. The van der Waals surface area contributed by atoms with E-state index < -0.39 is 18.5 Å². The van der Waals surface area contributed by atoms with Gasteiger partial charge in [-0.15, -0.1) is 0 Å². The highest BCUT2D eigenvalue weighted by molar-refractivity contribution is 4.94. The summed E-state index contributed by atoms with van der Waals surface area (Å²) in [7, 11) is 0. The molecular weight excluding hydrogens is 369 g/mol. The van der Waals surface area contributed by atoms with E-state index in [2.05, 4.69) is 6.92 Å². The van der Waals surface area contributed by atoms with Crippen LogP contribution < -0.4 is 0 Å². The third-order valence-corrected chi connectivity index (χ3v) is 9.16. The molecule has 3 aliphatic rings. The Hall–Kier alpha value is -0.210. The van der Waals surface area contributed by atoms with Gasteiger partial charge in [-0.25, -0.2) is 13.2 Å². The maximum Gasteiger partial charge on any atom is 0.134 e. The quantitative estimate of drug-likeness (QED) is 0.410. The Labute approximate surface area is 177 Å². The summed E-state index contributed by atoms with van der Waals surface area (Å²) in [5.74, 6) is 2.43. The zero-order valence-corrected chi connectivity index (χ0v) is 19.3. The van der Waals surface area contributed by atoms with Gasteiger partial charge in [0.1, 0.15) is 18.5 Å². The molecule has 0 radical (unpaired) electrons. The van der Waals surface area contributed by atoms with Gasteiger partial charge in [0.25, 0.3) is 0 Å². The Morgan fingerprint density at radius 2 is 1.21 bits per heavy atom. The van der Waals surface area contributed by atoms with E-state index in [0.29, 0.717) is 12.3 Å². The van der Waals surface area contributed by atoms with Crippen LogP contribution in [0.1, 0.15) is 98.3 Å². The third kappa shape index (κ3) is 5.73. The highest BCUT2D eigenvalue weighted by atomic mass is 19.2. The number of hydrogen-bond acceptors (Lipinski definition) is 0. The van der Waals surface area contributed by atoms with Crippen LogP contribution in [0.15, 0.2) is 0 Å². The van der Waals surface area contributed by atoms with Gasteiger partial charge < -0.3 is 0 Å². The fourth-order valence-electron chi connectivity index (χ4n) is 6.87. The molecule has 0 aliphatic heterocycles. The van der Waals surface area contributed by atoms with Gasteiger partial charge in [-0.1, -0.05) is 40.5 Å². The molecule has 3 rings (SSSR count). The van der Waals surface area contributed by atoms with Crippen molar-refractivity contribution in [3.63, 3.8) is 0 Å². The molecule has 3 saturated carbocycles. The first-order valence-corrected chi connectivity index (χ1v) is 12.7. The van der Waals surface area contributed by atoms with Crippen molar-refractivity contribution in [1.29, 1.82) is 0 Å². The Morgan fingerprint density at radius 1 is 0.690 bits per heavy atom. The van der Waals surface area contributed by atoms with Crippen molar-refractivity contribution in [2.75, 3.05) is 0 Å². The molecule has 6 atom stereocenters. The van der Waals surface area contributed by atoms with Crippen LogP contribution in [0.3, 0.4) is 0 Å². The van der Waals surface area contributed by atoms with Gasteiger partial charge in [-0.3, -0.25) is 0 Å². The lowest BCUT2D eigenvalue weighted by Crippen LogP contribution is -2.44. The summed E-state index contributed by atoms with van der Waals surface area (Å²) in [5, 5.41) is 0. The van der Waals surface area contributed by atoms with Gasteiger partial charge in [0, 0.05) is 0 Å². The molecule has 0 spiro atoms. The Balaban J connectivity index is 1.48. The van der Waals surface area contributed by atoms with Crippen molar-refractivity contribution in [1.82, 2.24) is 0 Å². The number of alkyl halides is 3. The molecule has 0 bridgehead atoms. The largest absolute Gasteiger partial charge is 0.247 e. The molecule has 3 heteroatoms. The molecular formula is C26H45F3. The van der Waals surface area contributed by atoms with E-state index in [4.69, 9.17) is 0 Å². The van der Waals surface area contributed by atoms with Crippen LogP contribution in [0.5, 0.6) is 0 Å². The number of hydrogen-bond donors (Lipinski definition) is 0. The van der Waals surface area contributed by atoms with Crippen LogP contribution in [0.4, 0.5) is 13.2 Å². The fourth-order valence-corrected chi connectivity index (χ4v) is 6.87. The van der Waals surface area contributed by atoms with E-state index in [9.17, 15) is 4.39 Å². The molecule has 0 N–H and O–H groups in total. The van der Waals surface area contributed by atoms with Crippen molar-refractivity contribution in [3.8, 4) is 0 Å². The average Bonchev–Trinajstić information content (AvgIpc) is 2.70. The molecule has 170 valence electrons. The van der Waals surface area contributed by atoms with E-state index in [1.54, 1.807) is 0 Å². The second-order valence-electron chi connectivity index (χ2n) is 11.5. The summed E-state index contributed by atoms with van der Waals surface area (Å²) in [4.78, 5) is 0. The number of halogens is 3. The minimum absolute atomic E-state index is 0.0458. The van der Waals surface area contributed by atoms with Crippen molar-refractivity contribution in [3.05, 3.63) is 0 Å². The smallest absolute Gasteiger partial charge is 0.134 e. The van der Waals surface area contributed by atoms with Crippen molar-refractivity contribution < 1.29 is 13.2 Å². The monoisotopic (exact) mass is 414 g/mol. The maximum atomic E-state index is 15.2. The van der Waals surface area contributed by atoms with E-state index >= 15 is 8.78 Å². The first-order valence-electron chi connectivity index (χ1n) is 12.7. The summed E-state index contributed by atoms with van der Waals surface area (Å²) in [6, 6.07) is 0. The molecule has 0 amide bonds. The average molecular weight is 415 g/mol. The SMILES string of the molecule is CC1CCC(C2CCC(C3CCC(C(C)CC(F)C(C)C)C(F)C3F)CC2)CC1. The third-order valence-electron chi connectivity index (χ3n) is 9.16. The minimum Gasteiger partial charge on any atom is -0.247 e. The van der Waals surface area contributed by atoms with Crippen molar-refractivity contribution in [2.24, 2.45) is 47.3 Å². The van der Waals surface area contributed by atoms with E-state index in [0.717, 1.165) is 43.4 Å². The molecule has 3 aliphatic carbocycles. The normalized spacial score (nSPS) is 43.9. The Morgan fingerprint density at radius 3 is 1.76 bits per heavy atom. The maximum absolute atomic E-state index is 15.2. The van der Waals surface area contributed by atoms with Gasteiger partial charge in [0.2, 0.25) is 0 Å². The van der Waals surface area contributed by atoms with E-state index in [1.165, 1.54) is 38.5 Å². The van der Waals surface area contributed by atoms with Crippen LogP contribution in [0.25, 0.3) is 0 Å². The lowest BCUT2D eigenvalue weighted by Gasteiger charge is -2.44. The lowest BCUT2D eigenvalue weighted by atomic mass is 9.63. The molecule has 0 nitrogen and oxygen atoms in total. The highest BCUT2D eigenvalue weighted by Crippen LogP contribution is 2.48. The first kappa shape index (κ1) is 23.5. The molecule has 29 heavy (non-hydrogen) atoms. The van der Waals surface area contributed by atoms with Crippen LogP contribution in [-0.4, -0.2) is 18.5 Å². The van der Waals surface area contributed by atoms with Crippen LogP contribution in [0.2, 0.25) is 0 Å². The summed E-state index contributed by atoms with van der Waals surface area (Å²) in [6.45, 7) is 8.03. The minimum atomic E-state index is -1.40. The van der Waals surface area contributed by atoms with Gasteiger partial charge in [-0.05, 0) is 105 Å². The van der Waals surface area contributed by atoms with Crippen molar-refractivity contribution >= 4 is 0 Å². The molecule has 3 fully saturated rings. The lowest BCUT2D eigenvalue weighted by molar-refractivity contribution is -0.0340. The standard InChI is InChI=1S/C26H45F3/c1-16(2)24(27)15-18(4)22-13-14-23(26(29)25(22)28)21-11-9-20(10-12-21)19-7-5-17(3)6-8-19/h16-26H,5-15H2,1-4H3. The van der Waals surface area contributed by atoms with Crippen LogP contribution >= 0.6 is 0 Å². The molecule has 0 saturated heterocycles. The second kappa shape index (κ2) is 10.4. The summed E-state index contributed by atoms with van der Waals surface area (Å²) < 4.78 is 44.3. The predicted molar refractivity (Wildman–Crippen MR) is 116 cm³/mol. The second-order valence-corrected chi connectivity index (χ2v) is 11.5. The van der Waals surface area contributed by atoms with E-state index in [1.807, 2.05) is 20.8 Å². The van der Waals surface area contributed by atoms with Gasteiger partial charge in [0.15, 0.2) is 0 Å². The van der Waals surface area contributed by atoms with Gasteiger partial charge in [-0.2, -0.15) is 0 Å².